The summed E-state index contributed by atoms with van der Waals surface area (Å²) >= 11 is 0.843. The second-order valence-electron chi connectivity index (χ2n) is 5.68. The highest BCUT2D eigenvalue weighted by Crippen LogP contribution is 2.25. The van der Waals surface area contributed by atoms with Crippen molar-refractivity contribution in [2.24, 2.45) is 0 Å². The van der Waals surface area contributed by atoms with Crippen molar-refractivity contribution in [2.75, 3.05) is 36.0 Å². The van der Waals surface area contributed by atoms with Gasteiger partial charge in [-0.3, -0.25) is 19.9 Å². The van der Waals surface area contributed by atoms with Gasteiger partial charge in [0.15, 0.2) is 5.82 Å². The molecule has 132 valence electrons. The molecule has 2 amide bonds. The van der Waals surface area contributed by atoms with E-state index in [4.69, 9.17) is 0 Å². The van der Waals surface area contributed by atoms with E-state index in [-0.39, 0.29) is 10.1 Å². The largest absolute Gasteiger partial charge is 0.367 e. The van der Waals surface area contributed by atoms with E-state index < -0.39 is 5.91 Å². The molecular weight excluding hydrogens is 354 g/mol. The lowest BCUT2D eigenvalue weighted by Gasteiger charge is -2.35. The number of piperazine rings is 1. The van der Waals surface area contributed by atoms with E-state index in [1.807, 2.05) is 18.3 Å². The van der Waals surface area contributed by atoms with Crippen molar-refractivity contribution in [3.63, 3.8) is 0 Å². The zero-order valence-electron chi connectivity index (χ0n) is 13.7. The van der Waals surface area contributed by atoms with Gasteiger partial charge in [-0.15, -0.1) is 0 Å². The number of pyridine rings is 1. The summed E-state index contributed by atoms with van der Waals surface area (Å²) in [7, 11) is 0. The molecule has 1 N–H and O–H groups in total. The normalized spacial score (nSPS) is 19.2. The lowest BCUT2D eigenvalue weighted by atomic mass is 10.3. The molecule has 2 aromatic heterocycles. The molecule has 0 unspecified atom stereocenters. The Kier molecular flexibility index (Phi) is 4.48. The van der Waals surface area contributed by atoms with E-state index in [9.17, 15) is 9.59 Å². The third-order valence-corrected chi connectivity index (χ3v) is 4.86. The van der Waals surface area contributed by atoms with Crippen LogP contribution in [0, 0.1) is 0 Å². The molecule has 0 radical (unpaired) electrons. The van der Waals surface area contributed by atoms with Crippen LogP contribution < -0.4 is 15.1 Å². The van der Waals surface area contributed by atoms with E-state index in [0.717, 1.165) is 43.6 Å². The van der Waals surface area contributed by atoms with Crippen LogP contribution in [0.1, 0.15) is 5.82 Å². The minimum absolute atomic E-state index is 0.286. The summed E-state index contributed by atoms with van der Waals surface area (Å²) in [5.41, 5.74) is 1.10. The van der Waals surface area contributed by atoms with Crippen molar-refractivity contribution in [2.45, 2.75) is 0 Å². The van der Waals surface area contributed by atoms with Gasteiger partial charge in [0.05, 0.1) is 16.8 Å². The molecule has 0 aliphatic carbocycles. The van der Waals surface area contributed by atoms with Crippen LogP contribution in [0.2, 0.25) is 0 Å². The van der Waals surface area contributed by atoms with Crippen LogP contribution in [0.3, 0.4) is 0 Å². The van der Waals surface area contributed by atoms with Gasteiger partial charge in [-0.2, -0.15) is 4.98 Å². The molecule has 2 saturated heterocycles. The van der Waals surface area contributed by atoms with Gasteiger partial charge < -0.3 is 9.80 Å². The van der Waals surface area contributed by atoms with Crippen LogP contribution in [0.15, 0.2) is 35.8 Å². The maximum Gasteiger partial charge on any atom is 0.290 e. The molecule has 0 bridgehead atoms. The molecule has 0 saturated carbocycles. The zero-order chi connectivity index (χ0) is 17.9. The highest BCUT2D eigenvalue weighted by molar-refractivity contribution is 8.18. The smallest absolute Gasteiger partial charge is 0.290 e. The van der Waals surface area contributed by atoms with E-state index >= 15 is 0 Å². The van der Waals surface area contributed by atoms with Crippen molar-refractivity contribution in [1.82, 2.24) is 25.3 Å². The number of imide groups is 1. The summed E-state index contributed by atoms with van der Waals surface area (Å²) in [5.74, 6) is 0.497. The minimum atomic E-state index is -0.424. The number of hydrogen-bond donors (Lipinski definition) is 1. The average Bonchev–Trinajstić information content (AvgIpc) is 3.00. The standard InChI is InChI=1S/C16H15N7O2S/c24-14-12(26-16(25)21-14)8-13-18-10-19-15(20-13)23-6-4-22(5-7-23)11-2-1-3-17-9-11/h1-3,8-10H,4-7H2,(H,21,24,25). The van der Waals surface area contributed by atoms with Crippen molar-refractivity contribution in [3.05, 3.63) is 41.6 Å². The molecule has 26 heavy (non-hydrogen) atoms. The third kappa shape index (κ3) is 3.49. The van der Waals surface area contributed by atoms with Crippen molar-refractivity contribution >= 4 is 40.6 Å². The van der Waals surface area contributed by atoms with Gasteiger partial charge in [0.25, 0.3) is 11.1 Å². The number of carbonyl (C=O) groups is 2. The Hall–Kier alpha value is -3.01. The Morgan fingerprint density at radius 3 is 2.62 bits per heavy atom. The van der Waals surface area contributed by atoms with Gasteiger partial charge in [0.1, 0.15) is 6.33 Å². The third-order valence-electron chi connectivity index (χ3n) is 4.05. The predicted octanol–water partition coefficient (Wildman–Crippen LogP) is 0.917. The van der Waals surface area contributed by atoms with Crippen LogP contribution in [0.4, 0.5) is 16.4 Å². The number of amides is 2. The maximum atomic E-state index is 11.6. The molecule has 10 heteroatoms. The van der Waals surface area contributed by atoms with Crippen LogP contribution in [-0.2, 0) is 4.79 Å². The number of carbonyl (C=O) groups excluding carboxylic acids is 2. The van der Waals surface area contributed by atoms with Crippen LogP contribution in [0.25, 0.3) is 6.08 Å². The summed E-state index contributed by atoms with van der Waals surface area (Å²) in [6, 6.07) is 3.97. The molecule has 2 fully saturated rings. The van der Waals surface area contributed by atoms with Crippen molar-refractivity contribution in [3.8, 4) is 0 Å². The molecule has 4 rings (SSSR count). The number of nitrogens with one attached hydrogen (secondary N) is 1. The first-order valence-corrected chi connectivity index (χ1v) is 8.84. The van der Waals surface area contributed by atoms with Gasteiger partial charge in [0, 0.05) is 38.5 Å². The summed E-state index contributed by atoms with van der Waals surface area (Å²) < 4.78 is 0. The number of aromatic nitrogens is 4. The van der Waals surface area contributed by atoms with Crippen molar-refractivity contribution < 1.29 is 9.59 Å². The molecular formula is C16H15N7O2S. The Labute approximate surface area is 153 Å². The van der Waals surface area contributed by atoms with Crippen LogP contribution in [-0.4, -0.2) is 57.3 Å². The quantitative estimate of drug-likeness (QED) is 0.791. The zero-order valence-corrected chi connectivity index (χ0v) is 14.5. The second-order valence-corrected chi connectivity index (χ2v) is 6.70. The van der Waals surface area contributed by atoms with Gasteiger partial charge in [-0.05, 0) is 23.9 Å². The fraction of sp³-hybridized carbons (Fsp3) is 0.250. The SMILES string of the molecule is O=C1NC(=O)C(=Cc2ncnc(N3CCN(c4cccnc4)CC3)n2)S1. The number of anilines is 2. The summed E-state index contributed by atoms with van der Waals surface area (Å²) in [4.78, 5) is 44.4. The summed E-state index contributed by atoms with van der Waals surface area (Å²) in [6.07, 6.45) is 6.54. The summed E-state index contributed by atoms with van der Waals surface area (Å²) in [6.45, 7) is 3.20. The first-order chi connectivity index (χ1) is 12.7. The van der Waals surface area contributed by atoms with Crippen molar-refractivity contribution in [1.29, 1.82) is 0 Å². The fourth-order valence-electron chi connectivity index (χ4n) is 2.77. The molecule has 0 aromatic carbocycles. The fourth-order valence-corrected chi connectivity index (χ4v) is 3.42. The maximum absolute atomic E-state index is 11.6. The highest BCUT2D eigenvalue weighted by Gasteiger charge is 2.26. The van der Waals surface area contributed by atoms with E-state index in [2.05, 4.69) is 35.1 Å². The lowest BCUT2D eigenvalue weighted by Crippen LogP contribution is -2.47. The first kappa shape index (κ1) is 16.5. The van der Waals surface area contributed by atoms with Gasteiger partial charge in [-0.25, -0.2) is 9.97 Å². The number of hydrogen-bond acceptors (Lipinski definition) is 9. The first-order valence-electron chi connectivity index (χ1n) is 8.03. The van der Waals surface area contributed by atoms with Crippen LogP contribution >= 0.6 is 11.8 Å². The highest BCUT2D eigenvalue weighted by atomic mass is 32.2. The van der Waals surface area contributed by atoms with E-state index in [1.54, 1.807) is 6.20 Å². The second kappa shape index (κ2) is 7.08. The summed E-state index contributed by atoms with van der Waals surface area (Å²) in [5, 5.41) is 1.82. The topological polar surface area (TPSA) is 104 Å². The predicted molar refractivity (Wildman–Crippen MR) is 97.6 cm³/mol. The van der Waals surface area contributed by atoms with Gasteiger partial charge in [-0.1, -0.05) is 0 Å². The Balaban J connectivity index is 1.45. The van der Waals surface area contributed by atoms with Gasteiger partial charge in [0.2, 0.25) is 5.95 Å². The molecule has 4 heterocycles. The van der Waals surface area contributed by atoms with E-state index in [1.165, 1.54) is 12.4 Å². The molecule has 0 spiro atoms. The van der Waals surface area contributed by atoms with E-state index in [0.29, 0.717) is 11.8 Å². The molecule has 0 atom stereocenters. The Morgan fingerprint density at radius 1 is 1.12 bits per heavy atom. The molecule has 2 aromatic rings. The molecule has 2 aliphatic heterocycles. The monoisotopic (exact) mass is 369 g/mol. The number of thioether (sulfide) groups is 1. The Bertz CT molecular complexity index is 866. The molecule has 2 aliphatic rings. The number of rotatable bonds is 3. The minimum Gasteiger partial charge on any atom is -0.367 e. The average molecular weight is 369 g/mol. The number of nitrogens with zero attached hydrogens (tertiary/aromatic N) is 6. The Morgan fingerprint density at radius 2 is 1.92 bits per heavy atom. The lowest BCUT2D eigenvalue weighted by molar-refractivity contribution is -0.115. The molecule has 9 nitrogen and oxygen atoms in total. The van der Waals surface area contributed by atoms with Gasteiger partial charge >= 0.3 is 0 Å². The van der Waals surface area contributed by atoms with Crippen LogP contribution in [0.5, 0.6) is 0 Å².